The minimum absolute atomic E-state index is 0.214. The van der Waals surface area contributed by atoms with Crippen molar-refractivity contribution in [3.8, 4) is 11.1 Å². The van der Waals surface area contributed by atoms with Crippen LogP contribution in [-0.2, 0) is 14.3 Å². The Balaban J connectivity index is 1.92. The van der Waals surface area contributed by atoms with E-state index < -0.39 is 12.1 Å². The zero-order valence-electron chi connectivity index (χ0n) is 12.7. The van der Waals surface area contributed by atoms with Crippen molar-refractivity contribution < 1.29 is 19.1 Å². The van der Waals surface area contributed by atoms with Crippen molar-refractivity contribution in [3.63, 3.8) is 0 Å². The predicted molar refractivity (Wildman–Crippen MR) is 88.7 cm³/mol. The van der Waals surface area contributed by atoms with Crippen molar-refractivity contribution in [1.82, 2.24) is 0 Å². The number of anilines is 1. The van der Waals surface area contributed by atoms with E-state index in [4.69, 9.17) is 9.47 Å². The topological polar surface area (TPSA) is 64.6 Å². The van der Waals surface area contributed by atoms with Gasteiger partial charge in [0.15, 0.2) is 0 Å². The van der Waals surface area contributed by atoms with E-state index in [1.807, 2.05) is 35.7 Å². The molecule has 0 unspecified atom stereocenters. The van der Waals surface area contributed by atoms with Gasteiger partial charge in [-0.05, 0) is 18.4 Å². The van der Waals surface area contributed by atoms with Gasteiger partial charge in [-0.15, -0.1) is 11.3 Å². The molecule has 2 aromatic rings. The molecule has 1 fully saturated rings. The van der Waals surface area contributed by atoms with Gasteiger partial charge in [0.05, 0.1) is 7.11 Å². The number of hydrogen-bond acceptors (Lipinski definition) is 5. The summed E-state index contributed by atoms with van der Waals surface area (Å²) in [7, 11) is 1.33. The van der Waals surface area contributed by atoms with Crippen LogP contribution in [0.25, 0.3) is 11.1 Å². The normalized spacial score (nSPS) is 17.0. The van der Waals surface area contributed by atoms with Crippen molar-refractivity contribution in [3.05, 3.63) is 41.3 Å². The molecule has 1 N–H and O–H groups in total. The number of hydrogen-bond donors (Lipinski definition) is 1. The van der Waals surface area contributed by atoms with Crippen molar-refractivity contribution in [2.24, 2.45) is 0 Å². The van der Waals surface area contributed by atoms with Crippen molar-refractivity contribution >= 4 is 28.2 Å². The fourth-order valence-corrected chi connectivity index (χ4v) is 3.52. The van der Waals surface area contributed by atoms with Crippen molar-refractivity contribution in [2.45, 2.75) is 18.9 Å². The Labute approximate surface area is 138 Å². The summed E-state index contributed by atoms with van der Waals surface area (Å²) in [6.07, 6.45) is 1.14. The van der Waals surface area contributed by atoms with E-state index in [0.717, 1.165) is 17.5 Å². The summed E-state index contributed by atoms with van der Waals surface area (Å²) < 4.78 is 10.3. The van der Waals surface area contributed by atoms with Crippen molar-refractivity contribution in [1.29, 1.82) is 0 Å². The van der Waals surface area contributed by atoms with Crippen LogP contribution < -0.4 is 5.32 Å². The highest BCUT2D eigenvalue weighted by Gasteiger charge is 2.27. The van der Waals surface area contributed by atoms with Crippen LogP contribution in [0.5, 0.6) is 0 Å². The SMILES string of the molecule is COC(=O)c1c(-c2ccccc2)csc1NC(=O)[C@@H]1CCCO1. The predicted octanol–water partition coefficient (Wildman–Crippen LogP) is 3.32. The number of carbonyl (C=O) groups excluding carboxylic acids is 2. The number of esters is 1. The van der Waals surface area contributed by atoms with Gasteiger partial charge in [0.1, 0.15) is 16.7 Å². The van der Waals surface area contributed by atoms with E-state index in [2.05, 4.69) is 5.32 Å². The Bertz CT molecular complexity index is 705. The van der Waals surface area contributed by atoms with Gasteiger partial charge in [0.2, 0.25) is 0 Å². The molecule has 1 saturated heterocycles. The monoisotopic (exact) mass is 331 g/mol. The van der Waals surface area contributed by atoms with Crippen LogP contribution >= 0.6 is 11.3 Å². The van der Waals surface area contributed by atoms with Crippen LogP contribution in [0.1, 0.15) is 23.2 Å². The van der Waals surface area contributed by atoms with Crippen molar-refractivity contribution in [2.75, 3.05) is 19.0 Å². The zero-order valence-corrected chi connectivity index (χ0v) is 13.5. The first-order valence-electron chi connectivity index (χ1n) is 7.38. The number of ether oxygens (including phenoxy) is 2. The van der Waals surface area contributed by atoms with Gasteiger partial charge in [-0.1, -0.05) is 30.3 Å². The first-order valence-corrected chi connectivity index (χ1v) is 8.26. The average molecular weight is 331 g/mol. The maximum Gasteiger partial charge on any atom is 0.341 e. The quantitative estimate of drug-likeness (QED) is 0.873. The highest BCUT2D eigenvalue weighted by atomic mass is 32.1. The molecule has 1 amide bonds. The number of carbonyl (C=O) groups is 2. The average Bonchev–Trinajstić information content (AvgIpc) is 3.25. The molecule has 1 aromatic heterocycles. The number of thiophene rings is 1. The fourth-order valence-electron chi connectivity index (χ4n) is 2.56. The highest BCUT2D eigenvalue weighted by Crippen LogP contribution is 2.36. The van der Waals surface area contributed by atoms with E-state index in [0.29, 0.717) is 23.6 Å². The Morgan fingerprint density at radius 2 is 2.09 bits per heavy atom. The molecule has 1 aromatic carbocycles. The number of amides is 1. The van der Waals surface area contributed by atoms with E-state index in [1.54, 1.807) is 0 Å². The minimum Gasteiger partial charge on any atom is -0.465 e. The van der Waals surface area contributed by atoms with Crippen LogP contribution in [0.2, 0.25) is 0 Å². The lowest BCUT2D eigenvalue weighted by atomic mass is 10.0. The van der Waals surface area contributed by atoms with Gasteiger partial charge in [-0.25, -0.2) is 4.79 Å². The van der Waals surface area contributed by atoms with Crippen LogP contribution in [0.3, 0.4) is 0 Å². The molecule has 0 aliphatic carbocycles. The lowest BCUT2D eigenvalue weighted by Gasteiger charge is -2.11. The fraction of sp³-hybridized carbons (Fsp3) is 0.294. The molecular formula is C17H17NO4S. The van der Waals surface area contributed by atoms with E-state index >= 15 is 0 Å². The van der Waals surface area contributed by atoms with Gasteiger partial charge in [0, 0.05) is 17.6 Å². The van der Waals surface area contributed by atoms with Gasteiger partial charge in [-0.2, -0.15) is 0 Å². The maximum atomic E-state index is 12.2. The first-order chi connectivity index (χ1) is 11.2. The lowest BCUT2D eigenvalue weighted by Crippen LogP contribution is -2.27. The van der Waals surface area contributed by atoms with Crippen LogP contribution in [-0.4, -0.2) is 31.7 Å². The molecule has 0 saturated carbocycles. The second kappa shape index (κ2) is 6.93. The molecule has 5 nitrogen and oxygen atoms in total. The summed E-state index contributed by atoms with van der Waals surface area (Å²) in [4.78, 5) is 24.4. The third-order valence-electron chi connectivity index (χ3n) is 3.72. The Morgan fingerprint density at radius 3 is 2.74 bits per heavy atom. The number of methoxy groups -OCH3 is 1. The third-order valence-corrected chi connectivity index (χ3v) is 4.62. The summed E-state index contributed by atoms with van der Waals surface area (Å²) >= 11 is 1.31. The molecule has 120 valence electrons. The lowest BCUT2D eigenvalue weighted by molar-refractivity contribution is -0.124. The molecule has 3 rings (SSSR count). The van der Waals surface area contributed by atoms with Gasteiger partial charge >= 0.3 is 5.97 Å². The summed E-state index contributed by atoms with van der Waals surface area (Å²) in [6, 6.07) is 9.55. The summed E-state index contributed by atoms with van der Waals surface area (Å²) in [5, 5.41) is 5.16. The van der Waals surface area contributed by atoms with E-state index in [1.165, 1.54) is 18.4 Å². The molecule has 0 spiro atoms. The van der Waals surface area contributed by atoms with E-state index in [9.17, 15) is 9.59 Å². The minimum atomic E-state index is -0.465. The van der Waals surface area contributed by atoms with Crippen LogP contribution in [0.15, 0.2) is 35.7 Å². The summed E-state index contributed by atoms with van der Waals surface area (Å²) in [5.74, 6) is -0.679. The molecule has 0 radical (unpaired) electrons. The second-order valence-electron chi connectivity index (χ2n) is 5.20. The molecule has 1 aliphatic rings. The first kappa shape index (κ1) is 15.7. The molecule has 1 atom stereocenters. The third kappa shape index (κ3) is 3.28. The highest BCUT2D eigenvalue weighted by molar-refractivity contribution is 7.15. The smallest absolute Gasteiger partial charge is 0.341 e. The summed E-state index contributed by atoms with van der Waals surface area (Å²) in [6.45, 7) is 0.599. The Hall–Kier alpha value is -2.18. The second-order valence-corrected chi connectivity index (χ2v) is 6.08. The molecule has 0 bridgehead atoms. The van der Waals surface area contributed by atoms with Gasteiger partial charge < -0.3 is 14.8 Å². The Morgan fingerprint density at radius 1 is 1.30 bits per heavy atom. The molecule has 1 aliphatic heterocycles. The largest absolute Gasteiger partial charge is 0.465 e. The Kier molecular flexibility index (Phi) is 4.73. The molecule has 23 heavy (non-hydrogen) atoms. The van der Waals surface area contributed by atoms with E-state index in [-0.39, 0.29) is 5.91 Å². The van der Waals surface area contributed by atoms with Gasteiger partial charge in [0.25, 0.3) is 5.91 Å². The molecule has 6 heteroatoms. The number of benzene rings is 1. The van der Waals surface area contributed by atoms with Crippen LogP contribution in [0, 0.1) is 0 Å². The standard InChI is InChI=1S/C17H17NO4S/c1-21-17(20)14-12(11-6-3-2-4-7-11)10-23-16(14)18-15(19)13-8-5-9-22-13/h2-4,6-7,10,13H,5,8-9H2,1H3,(H,18,19)/t13-/m0/s1. The number of rotatable bonds is 4. The number of nitrogens with one attached hydrogen (secondary N) is 1. The summed E-state index contributed by atoms with van der Waals surface area (Å²) in [5.41, 5.74) is 2.04. The maximum absolute atomic E-state index is 12.2. The molecule has 2 heterocycles. The zero-order chi connectivity index (χ0) is 16.2. The van der Waals surface area contributed by atoms with Gasteiger partial charge in [-0.3, -0.25) is 4.79 Å². The van der Waals surface area contributed by atoms with Crippen LogP contribution in [0.4, 0.5) is 5.00 Å². The molecular weight excluding hydrogens is 314 g/mol.